The number of rotatable bonds is 1. The summed E-state index contributed by atoms with van der Waals surface area (Å²) >= 11 is 3.57. The predicted octanol–water partition coefficient (Wildman–Crippen LogP) is 3.13. The zero-order chi connectivity index (χ0) is 11.2. The van der Waals surface area contributed by atoms with Gasteiger partial charge < -0.3 is 10.3 Å². The maximum absolute atomic E-state index is 6.16. The SMILES string of the molecule is Cn1cc(C(C)(C)N)c2cccc(Br)c21. The van der Waals surface area contributed by atoms with Gasteiger partial charge in [-0.15, -0.1) is 0 Å². The van der Waals surface area contributed by atoms with Gasteiger partial charge in [0, 0.05) is 28.6 Å². The van der Waals surface area contributed by atoms with Crippen molar-refractivity contribution < 1.29 is 0 Å². The number of nitrogens with two attached hydrogens (primary N) is 1. The number of fused-ring (bicyclic) bond motifs is 1. The molecule has 0 amide bonds. The molecule has 2 rings (SSSR count). The maximum Gasteiger partial charge on any atom is 0.0625 e. The number of nitrogens with zero attached hydrogens (tertiary/aromatic N) is 1. The molecule has 1 aromatic heterocycles. The highest BCUT2D eigenvalue weighted by Gasteiger charge is 2.20. The van der Waals surface area contributed by atoms with Gasteiger partial charge >= 0.3 is 0 Å². The monoisotopic (exact) mass is 266 g/mol. The van der Waals surface area contributed by atoms with Crippen LogP contribution in [0, 0.1) is 0 Å². The lowest BCUT2D eigenvalue weighted by atomic mass is 9.95. The molecule has 2 nitrogen and oxygen atoms in total. The molecule has 3 heteroatoms. The minimum atomic E-state index is -0.305. The molecule has 0 aliphatic rings. The summed E-state index contributed by atoms with van der Waals surface area (Å²) in [4.78, 5) is 0. The normalized spacial score (nSPS) is 12.3. The zero-order valence-corrected chi connectivity index (χ0v) is 10.8. The number of hydrogen-bond donors (Lipinski definition) is 1. The number of halogens is 1. The minimum Gasteiger partial charge on any atom is -0.349 e. The number of aromatic nitrogens is 1. The van der Waals surface area contributed by atoms with Gasteiger partial charge in [0.25, 0.3) is 0 Å². The molecule has 2 aromatic rings. The predicted molar refractivity (Wildman–Crippen MR) is 67.8 cm³/mol. The van der Waals surface area contributed by atoms with Crippen LogP contribution in [0.3, 0.4) is 0 Å². The van der Waals surface area contributed by atoms with Gasteiger partial charge in [-0.05, 0) is 41.4 Å². The number of hydrogen-bond acceptors (Lipinski definition) is 1. The van der Waals surface area contributed by atoms with Crippen molar-refractivity contribution in [2.45, 2.75) is 19.4 Å². The van der Waals surface area contributed by atoms with Crippen LogP contribution in [0.4, 0.5) is 0 Å². The first kappa shape index (κ1) is 10.7. The fraction of sp³-hybridized carbons (Fsp3) is 0.333. The van der Waals surface area contributed by atoms with E-state index >= 15 is 0 Å². The van der Waals surface area contributed by atoms with E-state index in [0.717, 1.165) is 4.47 Å². The quantitative estimate of drug-likeness (QED) is 0.845. The number of aryl methyl sites for hydroxylation is 1. The zero-order valence-electron chi connectivity index (χ0n) is 9.21. The van der Waals surface area contributed by atoms with Crippen LogP contribution in [-0.2, 0) is 12.6 Å². The molecular weight excluding hydrogens is 252 g/mol. The molecule has 0 atom stereocenters. The summed E-state index contributed by atoms with van der Waals surface area (Å²) in [6.07, 6.45) is 2.11. The Morgan fingerprint density at radius 2 is 2.00 bits per heavy atom. The molecule has 1 heterocycles. The molecule has 0 unspecified atom stereocenters. The van der Waals surface area contributed by atoms with Gasteiger partial charge in [-0.25, -0.2) is 0 Å². The van der Waals surface area contributed by atoms with Crippen molar-refractivity contribution in [1.29, 1.82) is 0 Å². The minimum absolute atomic E-state index is 0.305. The highest BCUT2D eigenvalue weighted by Crippen LogP contribution is 2.32. The molecule has 15 heavy (non-hydrogen) atoms. The van der Waals surface area contributed by atoms with Crippen molar-refractivity contribution in [3.05, 3.63) is 34.4 Å². The Balaban J connectivity index is 2.85. The largest absolute Gasteiger partial charge is 0.349 e. The molecule has 2 N–H and O–H groups in total. The van der Waals surface area contributed by atoms with Crippen LogP contribution in [0.2, 0.25) is 0 Å². The average Bonchev–Trinajstić information content (AvgIpc) is 2.44. The first-order valence-electron chi connectivity index (χ1n) is 4.94. The summed E-state index contributed by atoms with van der Waals surface area (Å²) in [5.41, 5.74) is 8.23. The van der Waals surface area contributed by atoms with E-state index in [1.54, 1.807) is 0 Å². The van der Waals surface area contributed by atoms with Gasteiger partial charge in [0.05, 0.1) is 5.52 Å². The second-order valence-electron chi connectivity index (χ2n) is 4.51. The van der Waals surface area contributed by atoms with Crippen molar-refractivity contribution in [3.8, 4) is 0 Å². The molecule has 0 fully saturated rings. The van der Waals surface area contributed by atoms with Crippen LogP contribution in [0.1, 0.15) is 19.4 Å². The van der Waals surface area contributed by atoms with Crippen LogP contribution < -0.4 is 5.73 Å². The Labute approximate surface area is 98.2 Å². The molecular formula is C12H15BrN2. The first-order chi connectivity index (χ1) is 6.91. The molecule has 0 saturated carbocycles. The summed E-state index contributed by atoms with van der Waals surface area (Å²) in [6, 6.07) is 6.21. The van der Waals surface area contributed by atoms with Gasteiger partial charge in [0.1, 0.15) is 0 Å². The third-order valence-electron chi connectivity index (χ3n) is 2.65. The maximum atomic E-state index is 6.16. The molecule has 0 aliphatic carbocycles. The van der Waals surface area contributed by atoms with Crippen molar-refractivity contribution in [2.75, 3.05) is 0 Å². The van der Waals surface area contributed by atoms with Crippen LogP contribution in [-0.4, -0.2) is 4.57 Å². The Bertz CT molecular complexity index is 506. The lowest BCUT2D eigenvalue weighted by Crippen LogP contribution is -2.28. The van der Waals surface area contributed by atoms with Crippen molar-refractivity contribution in [1.82, 2.24) is 4.57 Å². The van der Waals surface area contributed by atoms with Gasteiger partial charge in [-0.1, -0.05) is 12.1 Å². The molecule has 1 aromatic carbocycles. The van der Waals surface area contributed by atoms with Crippen molar-refractivity contribution >= 4 is 26.8 Å². The molecule has 0 saturated heterocycles. The fourth-order valence-corrected chi connectivity index (χ4v) is 2.58. The summed E-state index contributed by atoms with van der Waals surface area (Å²) < 4.78 is 3.22. The summed E-state index contributed by atoms with van der Waals surface area (Å²) in [7, 11) is 2.04. The highest BCUT2D eigenvalue weighted by atomic mass is 79.9. The number of benzene rings is 1. The third kappa shape index (κ3) is 1.70. The second kappa shape index (κ2) is 3.35. The Morgan fingerprint density at radius 1 is 1.33 bits per heavy atom. The van der Waals surface area contributed by atoms with Crippen LogP contribution in [0.5, 0.6) is 0 Å². The lowest BCUT2D eigenvalue weighted by molar-refractivity contribution is 0.557. The van der Waals surface area contributed by atoms with E-state index in [0.29, 0.717) is 0 Å². The van der Waals surface area contributed by atoms with E-state index in [1.165, 1.54) is 16.5 Å². The lowest BCUT2D eigenvalue weighted by Gasteiger charge is -2.17. The van der Waals surface area contributed by atoms with E-state index < -0.39 is 0 Å². The second-order valence-corrected chi connectivity index (χ2v) is 5.37. The molecule has 0 spiro atoms. The number of para-hydroxylation sites is 1. The fourth-order valence-electron chi connectivity index (χ4n) is 1.93. The van der Waals surface area contributed by atoms with Crippen molar-refractivity contribution in [3.63, 3.8) is 0 Å². The average molecular weight is 267 g/mol. The van der Waals surface area contributed by atoms with E-state index in [4.69, 9.17) is 5.73 Å². The summed E-state index contributed by atoms with van der Waals surface area (Å²) in [5.74, 6) is 0. The van der Waals surface area contributed by atoms with Gasteiger partial charge in [0.2, 0.25) is 0 Å². The van der Waals surface area contributed by atoms with Crippen molar-refractivity contribution in [2.24, 2.45) is 12.8 Å². The molecule has 0 aliphatic heterocycles. The van der Waals surface area contributed by atoms with E-state index in [9.17, 15) is 0 Å². The van der Waals surface area contributed by atoms with Crippen LogP contribution in [0.25, 0.3) is 10.9 Å². The van der Waals surface area contributed by atoms with Gasteiger partial charge in [0.15, 0.2) is 0 Å². The van der Waals surface area contributed by atoms with Crippen LogP contribution in [0.15, 0.2) is 28.9 Å². The Morgan fingerprint density at radius 3 is 2.60 bits per heavy atom. The van der Waals surface area contributed by atoms with Gasteiger partial charge in [-0.2, -0.15) is 0 Å². The molecule has 0 radical (unpaired) electrons. The standard InChI is InChI=1S/C12H15BrN2/c1-12(2,14)9-7-15(3)11-8(9)5-4-6-10(11)13/h4-7H,14H2,1-3H3. The summed E-state index contributed by atoms with van der Waals surface area (Å²) in [6.45, 7) is 4.06. The van der Waals surface area contributed by atoms with Gasteiger partial charge in [-0.3, -0.25) is 0 Å². The highest BCUT2D eigenvalue weighted by molar-refractivity contribution is 9.10. The topological polar surface area (TPSA) is 30.9 Å². The Kier molecular flexibility index (Phi) is 2.40. The van der Waals surface area contributed by atoms with E-state index in [1.807, 2.05) is 27.0 Å². The first-order valence-corrected chi connectivity index (χ1v) is 5.73. The van der Waals surface area contributed by atoms with E-state index in [-0.39, 0.29) is 5.54 Å². The van der Waals surface area contributed by atoms with E-state index in [2.05, 4.69) is 38.8 Å². The third-order valence-corrected chi connectivity index (χ3v) is 3.29. The molecule has 0 bridgehead atoms. The Hall–Kier alpha value is -0.800. The summed E-state index contributed by atoms with van der Waals surface area (Å²) in [5, 5.41) is 1.22. The molecule has 80 valence electrons. The van der Waals surface area contributed by atoms with Crippen LogP contribution >= 0.6 is 15.9 Å². The smallest absolute Gasteiger partial charge is 0.0625 e.